The number of carbonyl (C=O) groups is 1. The number of aliphatic imine (C=N–C) groups is 1. The van der Waals surface area contributed by atoms with Crippen LogP contribution in [0, 0.1) is 17.8 Å². The number of rotatable bonds is 8. The molecule has 0 aromatic carbocycles. The van der Waals surface area contributed by atoms with Crippen molar-refractivity contribution in [2.24, 2.45) is 22.7 Å². The molecular formula is C22H31F5N4O. The van der Waals surface area contributed by atoms with Crippen LogP contribution in [0.25, 0.3) is 0 Å². The lowest BCUT2D eigenvalue weighted by Crippen LogP contribution is -2.57. The molecule has 1 saturated heterocycles. The number of anilines is 1. The Morgan fingerprint density at radius 2 is 1.78 bits per heavy atom. The Hall–Kier alpha value is -2.26. The molecule has 1 aromatic rings. The third kappa shape index (κ3) is 6.87. The molecule has 1 atom stereocenters. The van der Waals surface area contributed by atoms with Gasteiger partial charge in [0.05, 0.1) is 18.7 Å². The molecule has 1 aliphatic rings. The maximum Gasteiger partial charge on any atom is 0.433 e. The van der Waals surface area contributed by atoms with E-state index in [1.807, 2.05) is 13.8 Å². The third-order valence-electron chi connectivity index (χ3n) is 5.25. The highest BCUT2D eigenvalue weighted by molar-refractivity contribution is 6.11. The summed E-state index contributed by atoms with van der Waals surface area (Å²) in [6.45, 7) is 6.64. The average Bonchev–Trinajstić information content (AvgIpc) is 2.65. The van der Waals surface area contributed by atoms with Gasteiger partial charge in [0.2, 0.25) is 5.91 Å². The summed E-state index contributed by atoms with van der Waals surface area (Å²) in [5.41, 5.74) is -1.11. The van der Waals surface area contributed by atoms with Crippen LogP contribution < -0.4 is 10.2 Å². The molecule has 180 valence electrons. The SMILES string of the molecule is CN=C(NC(=O)C(CCC(C)C)CC(C)C)c1ccc(C(F)(F)F)nc1N1CC(F)(F)C1. The predicted octanol–water partition coefficient (Wildman–Crippen LogP) is 5.15. The molecule has 0 bridgehead atoms. The van der Waals surface area contributed by atoms with E-state index in [4.69, 9.17) is 0 Å². The van der Waals surface area contributed by atoms with E-state index in [-0.39, 0.29) is 35.0 Å². The quantitative estimate of drug-likeness (QED) is 0.330. The standard InChI is InChI=1S/C22H31F5N4O/c1-13(2)6-7-15(10-14(3)4)20(32)30-18(28-5)16-8-9-17(22(25,26)27)29-19(16)31-11-21(23,24)12-31/h8-9,13-15H,6-7,10-12H2,1-5H3,(H,28,30,32). The van der Waals surface area contributed by atoms with E-state index in [9.17, 15) is 26.7 Å². The summed E-state index contributed by atoms with van der Waals surface area (Å²) in [5, 5.41) is 2.71. The van der Waals surface area contributed by atoms with Crippen molar-refractivity contribution in [3.05, 3.63) is 23.4 Å². The smallest absolute Gasteiger partial charge is 0.344 e. The van der Waals surface area contributed by atoms with Crippen molar-refractivity contribution < 1.29 is 26.7 Å². The van der Waals surface area contributed by atoms with Gasteiger partial charge < -0.3 is 10.2 Å². The van der Waals surface area contributed by atoms with E-state index in [0.29, 0.717) is 18.8 Å². The number of nitrogens with zero attached hydrogens (tertiary/aromatic N) is 3. The molecule has 1 amide bonds. The Bertz CT molecular complexity index is 828. The van der Waals surface area contributed by atoms with Crippen molar-refractivity contribution in [2.45, 2.75) is 59.1 Å². The number of nitrogens with one attached hydrogen (secondary N) is 1. The number of pyridine rings is 1. The fourth-order valence-electron chi connectivity index (χ4n) is 3.62. The van der Waals surface area contributed by atoms with Crippen molar-refractivity contribution in [1.29, 1.82) is 0 Å². The number of amidine groups is 1. The summed E-state index contributed by atoms with van der Waals surface area (Å²) in [4.78, 5) is 21.7. The second kappa shape index (κ2) is 10.1. The van der Waals surface area contributed by atoms with Gasteiger partial charge in [0.1, 0.15) is 17.3 Å². The van der Waals surface area contributed by atoms with E-state index in [0.717, 1.165) is 23.5 Å². The second-order valence-corrected chi connectivity index (χ2v) is 9.14. The summed E-state index contributed by atoms with van der Waals surface area (Å²) in [7, 11) is 1.38. The lowest BCUT2D eigenvalue weighted by atomic mass is 9.89. The van der Waals surface area contributed by atoms with Crippen LogP contribution in [0.4, 0.5) is 27.8 Å². The van der Waals surface area contributed by atoms with Crippen LogP contribution in [-0.4, -0.2) is 42.8 Å². The summed E-state index contributed by atoms with van der Waals surface area (Å²) in [5.74, 6) is -3.16. The van der Waals surface area contributed by atoms with Crippen molar-refractivity contribution in [1.82, 2.24) is 10.3 Å². The maximum absolute atomic E-state index is 13.4. The molecule has 0 saturated carbocycles. The Morgan fingerprint density at radius 1 is 1.16 bits per heavy atom. The first-order valence-corrected chi connectivity index (χ1v) is 10.7. The first-order valence-electron chi connectivity index (χ1n) is 10.7. The predicted molar refractivity (Wildman–Crippen MR) is 114 cm³/mol. The monoisotopic (exact) mass is 462 g/mol. The number of carbonyl (C=O) groups excluding carboxylic acids is 1. The highest BCUT2D eigenvalue weighted by atomic mass is 19.4. The molecule has 1 aromatic heterocycles. The molecule has 32 heavy (non-hydrogen) atoms. The normalized spacial score (nSPS) is 17.5. The topological polar surface area (TPSA) is 57.6 Å². The van der Waals surface area contributed by atoms with E-state index in [1.165, 1.54) is 7.05 Å². The van der Waals surface area contributed by atoms with Crippen molar-refractivity contribution in [3.8, 4) is 0 Å². The second-order valence-electron chi connectivity index (χ2n) is 9.14. The minimum absolute atomic E-state index is 0.0137. The van der Waals surface area contributed by atoms with Gasteiger partial charge in [0.15, 0.2) is 0 Å². The van der Waals surface area contributed by atoms with Crippen LogP contribution in [-0.2, 0) is 11.0 Å². The molecule has 0 radical (unpaired) electrons. The fraction of sp³-hybridized carbons (Fsp3) is 0.682. The molecule has 10 heteroatoms. The molecular weight excluding hydrogens is 431 g/mol. The molecule has 2 rings (SSSR count). The number of amides is 1. The minimum atomic E-state index is -4.73. The zero-order chi connectivity index (χ0) is 24.3. The third-order valence-corrected chi connectivity index (χ3v) is 5.25. The lowest BCUT2D eigenvalue weighted by molar-refractivity contribution is -0.141. The Morgan fingerprint density at radius 3 is 2.25 bits per heavy atom. The zero-order valence-electron chi connectivity index (χ0n) is 19.1. The van der Waals surface area contributed by atoms with Gasteiger partial charge in [-0.3, -0.25) is 9.79 Å². The Balaban J connectivity index is 2.33. The summed E-state index contributed by atoms with van der Waals surface area (Å²) < 4.78 is 66.4. The Labute approximate surface area is 185 Å². The van der Waals surface area contributed by atoms with Gasteiger partial charge in [0.25, 0.3) is 5.92 Å². The molecule has 1 unspecified atom stereocenters. The largest absolute Gasteiger partial charge is 0.433 e. The first-order chi connectivity index (χ1) is 14.7. The van der Waals surface area contributed by atoms with Gasteiger partial charge in [-0.05, 0) is 36.8 Å². The minimum Gasteiger partial charge on any atom is -0.344 e. The highest BCUT2D eigenvalue weighted by Crippen LogP contribution is 2.36. The van der Waals surface area contributed by atoms with E-state index >= 15 is 0 Å². The number of hydrogen-bond donors (Lipinski definition) is 1. The van der Waals surface area contributed by atoms with Gasteiger partial charge in [-0.2, -0.15) is 13.2 Å². The molecule has 2 heterocycles. The van der Waals surface area contributed by atoms with Crippen molar-refractivity contribution >= 4 is 17.6 Å². The van der Waals surface area contributed by atoms with E-state index in [1.54, 1.807) is 0 Å². The van der Waals surface area contributed by atoms with Gasteiger partial charge >= 0.3 is 6.18 Å². The summed E-state index contributed by atoms with van der Waals surface area (Å²) in [6, 6.07) is 1.88. The average molecular weight is 463 g/mol. The molecule has 5 nitrogen and oxygen atoms in total. The van der Waals surface area contributed by atoms with Crippen LogP contribution >= 0.6 is 0 Å². The van der Waals surface area contributed by atoms with Gasteiger partial charge in [-0.25, -0.2) is 13.8 Å². The number of hydrogen-bond acceptors (Lipinski definition) is 4. The highest BCUT2D eigenvalue weighted by Gasteiger charge is 2.46. The van der Waals surface area contributed by atoms with Crippen molar-refractivity contribution in [2.75, 3.05) is 25.0 Å². The fourth-order valence-corrected chi connectivity index (χ4v) is 3.62. The summed E-state index contributed by atoms with van der Waals surface area (Å²) in [6.07, 6.45) is -2.58. The van der Waals surface area contributed by atoms with Crippen LogP contribution in [0.3, 0.4) is 0 Å². The van der Waals surface area contributed by atoms with Crippen LogP contribution in [0.15, 0.2) is 17.1 Å². The van der Waals surface area contributed by atoms with Gasteiger partial charge in [0, 0.05) is 13.0 Å². The lowest BCUT2D eigenvalue weighted by Gasteiger charge is -2.40. The Kier molecular flexibility index (Phi) is 8.22. The van der Waals surface area contributed by atoms with Crippen LogP contribution in [0.2, 0.25) is 0 Å². The number of alkyl halides is 5. The van der Waals surface area contributed by atoms with E-state index < -0.39 is 30.9 Å². The van der Waals surface area contributed by atoms with Crippen LogP contribution in [0.1, 0.15) is 58.2 Å². The molecule has 0 aliphatic carbocycles. The maximum atomic E-state index is 13.4. The number of halogens is 5. The van der Waals surface area contributed by atoms with E-state index in [2.05, 4.69) is 29.1 Å². The molecule has 0 spiro atoms. The van der Waals surface area contributed by atoms with Gasteiger partial charge in [-0.15, -0.1) is 0 Å². The van der Waals surface area contributed by atoms with Gasteiger partial charge in [-0.1, -0.05) is 34.1 Å². The van der Waals surface area contributed by atoms with Crippen molar-refractivity contribution in [3.63, 3.8) is 0 Å². The molecule has 1 aliphatic heterocycles. The molecule has 1 fully saturated rings. The van der Waals surface area contributed by atoms with Crippen LogP contribution in [0.5, 0.6) is 0 Å². The molecule has 1 N–H and O–H groups in total. The zero-order valence-corrected chi connectivity index (χ0v) is 19.1. The number of aromatic nitrogens is 1. The summed E-state index contributed by atoms with van der Waals surface area (Å²) >= 11 is 0. The first kappa shape index (κ1) is 26.0.